The molecule has 1 aliphatic heterocycles. The van der Waals surface area contributed by atoms with Gasteiger partial charge in [-0.15, -0.1) is 0 Å². The number of aromatic amines is 1. The van der Waals surface area contributed by atoms with E-state index in [2.05, 4.69) is 19.9 Å². The quantitative estimate of drug-likeness (QED) is 0.375. The van der Waals surface area contributed by atoms with Gasteiger partial charge in [-0.25, -0.2) is 14.4 Å². The molecule has 0 radical (unpaired) electrons. The van der Waals surface area contributed by atoms with Gasteiger partial charge >= 0.3 is 6.01 Å². The molecule has 5 rings (SSSR count). The molecule has 0 fully saturated rings. The van der Waals surface area contributed by atoms with Crippen molar-refractivity contribution in [3.63, 3.8) is 0 Å². The zero-order chi connectivity index (χ0) is 28.9. The zero-order valence-corrected chi connectivity index (χ0v) is 22.9. The molecule has 13 heteroatoms. The number of aromatic nitrogens is 5. The van der Waals surface area contributed by atoms with Gasteiger partial charge in [-0.1, -0.05) is 17.7 Å². The molecule has 1 unspecified atom stereocenters. The number of benzene rings is 1. The van der Waals surface area contributed by atoms with Crippen LogP contribution in [0.3, 0.4) is 0 Å². The van der Waals surface area contributed by atoms with Gasteiger partial charge in [0.2, 0.25) is 5.88 Å². The summed E-state index contributed by atoms with van der Waals surface area (Å²) in [6, 6.07) is 6.34. The van der Waals surface area contributed by atoms with Gasteiger partial charge in [0.15, 0.2) is 5.69 Å². The number of nitrogens with one attached hydrogen (secondary N) is 1. The SMILES string of the molecule is COc1ncc(C(C)(C)c2nc3c([nH]2)C(c2ccc(C#N)c(F)c2)N(c2cc(Cl)cn(C)c2=O)C3=O)c(OC)n1. The molecule has 4 aromatic rings. The third-order valence-corrected chi connectivity index (χ3v) is 7.08. The Morgan fingerprint density at radius 1 is 1.18 bits per heavy atom. The van der Waals surface area contributed by atoms with Crippen LogP contribution in [-0.4, -0.2) is 44.6 Å². The highest BCUT2D eigenvalue weighted by Crippen LogP contribution is 2.43. The predicted octanol–water partition coefficient (Wildman–Crippen LogP) is 3.66. The Labute approximate surface area is 232 Å². The Balaban J connectivity index is 1.70. The molecular formula is C27H23ClFN7O4. The van der Waals surface area contributed by atoms with Crippen LogP contribution in [0.15, 0.2) is 41.5 Å². The number of H-pyrrole nitrogens is 1. The predicted molar refractivity (Wildman–Crippen MR) is 142 cm³/mol. The van der Waals surface area contributed by atoms with E-state index in [1.807, 2.05) is 13.8 Å². The summed E-state index contributed by atoms with van der Waals surface area (Å²) in [5, 5.41) is 9.45. The lowest BCUT2D eigenvalue weighted by Gasteiger charge is -2.27. The molecule has 0 saturated heterocycles. The molecule has 0 spiro atoms. The van der Waals surface area contributed by atoms with Crippen molar-refractivity contribution in [2.24, 2.45) is 7.05 Å². The highest BCUT2D eigenvalue weighted by atomic mass is 35.5. The summed E-state index contributed by atoms with van der Waals surface area (Å²) in [4.78, 5) is 44.6. The first kappa shape index (κ1) is 26.8. The Kier molecular flexibility index (Phi) is 6.55. The van der Waals surface area contributed by atoms with Gasteiger partial charge < -0.3 is 19.0 Å². The van der Waals surface area contributed by atoms with Gasteiger partial charge in [0.05, 0.1) is 35.9 Å². The number of ether oxygens (including phenoxy) is 2. The standard InChI is InChI=1S/C27H23ClFN7O4/c1-27(2,16-11-31-26(40-5)34-22(16)39-4)25-32-19-20(33-25)24(38)36(18-9-15(28)12-35(3)23(18)37)21(19)13-6-7-14(10-30)17(29)8-13/h6-9,11-12,21H,1-5H3,(H,32,33). The average molecular weight is 564 g/mol. The van der Waals surface area contributed by atoms with Gasteiger partial charge in [-0.3, -0.25) is 14.5 Å². The number of fused-ring (bicyclic) bond motifs is 1. The second-order valence-corrected chi connectivity index (χ2v) is 10.1. The number of halogens is 2. The molecule has 11 nitrogen and oxygen atoms in total. The Morgan fingerprint density at radius 3 is 2.58 bits per heavy atom. The molecular weight excluding hydrogens is 541 g/mol. The maximum atomic E-state index is 14.8. The number of aryl methyl sites for hydroxylation is 1. The van der Waals surface area contributed by atoms with E-state index in [4.69, 9.17) is 21.1 Å². The van der Waals surface area contributed by atoms with Crippen molar-refractivity contribution in [2.75, 3.05) is 19.1 Å². The first-order valence-electron chi connectivity index (χ1n) is 12.0. The summed E-state index contributed by atoms with van der Waals surface area (Å²) in [6.07, 6.45) is 2.97. The Bertz CT molecular complexity index is 1780. The number of pyridine rings is 1. The van der Waals surface area contributed by atoms with Crippen molar-refractivity contribution in [1.82, 2.24) is 24.5 Å². The number of carbonyl (C=O) groups excluding carboxylic acids is 1. The van der Waals surface area contributed by atoms with Crippen molar-refractivity contribution in [2.45, 2.75) is 25.3 Å². The van der Waals surface area contributed by atoms with Gasteiger partial charge in [0.1, 0.15) is 29.4 Å². The molecule has 4 heterocycles. The fourth-order valence-electron chi connectivity index (χ4n) is 4.75. The summed E-state index contributed by atoms with van der Waals surface area (Å²) in [5.41, 5.74) is -0.256. The van der Waals surface area contributed by atoms with Crippen LogP contribution < -0.4 is 19.9 Å². The molecule has 1 N–H and O–H groups in total. The number of anilines is 1. The average Bonchev–Trinajstić information content (AvgIpc) is 3.49. The number of nitriles is 1. The topological polar surface area (TPSA) is 139 Å². The first-order chi connectivity index (χ1) is 19.0. The van der Waals surface area contributed by atoms with E-state index >= 15 is 0 Å². The molecule has 0 bridgehead atoms. The molecule has 204 valence electrons. The smallest absolute Gasteiger partial charge is 0.319 e. The van der Waals surface area contributed by atoms with Crippen LogP contribution in [0, 0.1) is 17.1 Å². The summed E-state index contributed by atoms with van der Waals surface area (Å²) in [5.74, 6) is -0.703. The highest BCUT2D eigenvalue weighted by molar-refractivity contribution is 6.30. The van der Waals surface area contributed by atoms with E-state index in [0.29, 0.717) is 22.6 Å². The first-order valence-corrected chi connectivity index (χ1v) is 12.3. The molecule has 1 atom stereocenters. The van der Waals surface area contributed by atoms with Crippen LogP contribution in [0.1, 0.15) is 58.6 Å². The van der Waals surface area contributed by atoms with E-state index in [9.17, 15) is 19.2 Å². The molecule has 0 saturated carbocycles. The monoisotopic (exact) mass is 563 g/mol. The minimum atomic E-state index is -0.970. The van der Waals surface area contributed by atoms with Crippen LogP contribution in [0.4, 0.5) is 10.1 Å². The number of hydrogen-bond donors (Lipinski definition) is 1. The highest BCUT2D eigenvalue weighted by Gasteiger charge is 2.45. The van der Waals surface area contributed by atoms with Crippen molar-refractivity contribution in [1.29, 1.82) is 5.26 Å². The minimum Gasteiger partial charge on any atom is -0.481 e. The van der Waals surface area contributed by atoms with Gasteiger partial charge in [0.25, 0.3) is 11.5 Å². The number of imidazole rings is 1. The van der Waals surface area contributed by atoms with E-state index in [1.54, 1.807) is 12.3 Å². The summed E-state index contributed by atoms with van der Waals surface area (Å²) in [6.45, 7) is 3.69. The van der Waals surface area contributed by atoms with Crippen LogP contribution >= 0.6 is 11.6 Å². The van der Waals surface area contributed by atoms with E-state index in [-0.39, 0.29) is 33.9 Å². The van der Waals surface area contributed by atoms with Crippen LogP contribution in [0.5, 0.6) is 11.9 Å². The number of amides is 1. The Morgan fingerprint density at radius 2 is 1.93 bits per heavy atom. The van der Waals surface area contributed by atoms with Crippen molar-refractivity contribution in [3.05, 3.63) is 91.8 Å². The fourth-order valence-corrected chi connectivity index (χ4v) is 5.00. The number of carbonyl (C=O) groups is 1. The number of methoxy groups -OCH3 is 2. The van der Waals surface area contributed by atoms with Gasteiger partial charge in [-0.05, 0) is 37.6 Å². The van der Waals surface area contributed by atoms with Gasteiger partial charge in [-0.2, -0.15) is 10.2 Å². The number of hydrogen-bond acceptors (Lipinski definition) is 8. The second-order valence-electron chi connectivity index (χ2n) is 9.64. The third kappa shape index (κ3) is 4.15. The zero-order valence-electron chi connectivity index (χ0n) is 22.1. The maximum Gasteiger partial charge on any atom is 0.319 e. The van der Waals surface area contributed by atoms with Gasteiger partial charge in [0, 0.05) is 25.0 Å². The van der Waals surface area contributed by atoms with Crippen LogP contribution in [0.25, 0.3) is 0 Å². The Hall–Kier alpha value is -4.76. The fraction of sp³-hybridized carbons (Fsp3) is 0.259. The van der Waals surface area contributed by atoms with E-state index < -0.39 is 28.7 Å². The van der Waals surface area contributed by atoms with Crippen molar-refractivity contribution in [3.8, 4) is 18.0 Å². The minimum absolute atomic E-state index is 0.00722. The summed E-state index contributed by atoms with van der Waals surface area (Å²) in [7, 11) is 4.41. The van der Waals surface area contributed by atoms with Crippen molar-refractivity contribution < 1.29 is 18.7 Å². The molecule has 0 aliphatic carbocycles. The lowest BCUT2D eigenvalue weighted by atomic mass is 9.85. The largest absolute Gasteiger partial charge is 0.481 e. The second kappa shape index (κ2) is 9.77. The third-order valence-electron chi connectivity index (χ3n) is 6.88. The molecule has 1 amide bonds. The normalized spacial score (nSPS) is 14.7. The van der Waals surface area contributed by atoms with Crippen molar-refractivity contribution >= 4 is 23.2 Å². The molecule has 1 aliphatic rings. The van der Waals surface area contributed by atoms with Crippen LogP contribution in [-0.2, 0) is 12.5 Å². The lowest BCUT2D eigenvalue weighted by molar-refractivity contribution is 0.0988. The molecule has 3 aromatic heterocycles. The summed E-state index contributed by atoms with van der Waals surface area (Å²) < 4.78 is 26.6. The van der Waals surface area contributed by atoms with E-state index in [1.165, 1.54) is 61.2 Å². The maximum absolute atomic E-state index is 14.8. The van der Waals surface area contributed by atoms with Crippen LogP contribution in [0.2, 0.25) is 5.02 Å². The number of nitrogens with zero attached hydrogens (tertiary/aromatic N) is 6. The summed E-state index contributed by atoms with van der Waals surface area (Å²) >= 11 is 6.25. The number of rotatable bonds is 6. The molecule has 40 heavy (non-hydrogen) atoms. The molecule has 1 aromatic carbocycles. The van der Waals surface area contributed by atoms with E-state index in [0.717, 1.165) is 0 Å². The lowest BCUT2D eigenvalue weighted by Crippen LogP contribution is -2.36.